The molecule has 0 fully saturated rings. The van der Waals surface area contributed by atoms with Gasteiger partial charge in [0.25, 0.3) is 0 Å². The van der Waals surface area contributed by atoms with E-state index in [4.69, 9.17) is 24.1 Å². The van der Waals surface area contributed by atoms with Gasteiger partial charge in [-0.15, -0.1) is 0 Å². The van der Waals surface area contributed by atoms with Gasteiger partial charge in [-0.3, -0.25) is 9.69 Å². The zero-order chi connectivity index (χ0) is 25.5. The van der Waals surface area contributed by atoms with Crippen LogP contribution in [0.1, 0.15) is 45.6 Å². The van der Waals surface area contributed by atoms with Gasteiger partial charge < -0.3 is 24.1 Å². The van der Waals surface area contributed by atoms with Gasteiger partial charge in [0.15, 0.2) is 0 Å². The molecule has 0 aliphatic rings. The largest absolute Gasteiger partial charge is 0.497 e. The Labute approximate surface area is 202 Å². The number of allylic oxidation sites excluding steroid dienone is 1. The average Bonchev–Trinajstić information content (AvgIpc) is 2.82. The third-order valence-corrected chi connectivity index (χ3v) is 5.05. The van der Waals surface area contributed by atoms with Crippen LogP contribution in [0.3, 0.4) is 0 Å². The van der Waals surface area contributed by atoms with Gasteiger partial charge in [0.05, 0.1) is 32.9 Å². The topological polar surface area (TPSA) is 94.5 Å². The highest BCUT2D eigenvalue weighted by molar-refractivity contribution is 5.69. The fourth-order valence-corrected chi connectivity index (χ4v) is 3.13. The average molecular weight is 476 g/mol. The molecule has 34 heavy (non-hydrogen) atoms. The van der Waals surface area contributed by atoms with Gasteiger partial charge in [0.2, 0.25) is 0 Å². The number of hydrogen-bond acceptors (Lipinski definition) is 6. The SMILES string of the molecule is C=CCOC(=O)N(Cc1ccc(OC)cc1OCCCC(=O)O)C(C/C(C)=C/C)C(=C)OCC. The lowest BCUT2D eigenvalue weighted by molar-refractivity contribution is -0.137. The van der Waals surface area contributed by atoms with Gasteiger partial charge in [0, 0.05) is 18.1 Å². The maximum Gasteiger partial charge on any atom is 0.411 e. The second-order valence-corrected chi connectivity index (χ2v) is 7.57. The van der Waals surface area contributed by atoms with Gasteiger partial charge in [-0.25, -0.2) is 4.79 Å². The van der Waals surface area contributed by atoms with Crippen LogP contribution in [0, 0.1) is 0 Å². The first-order valence-corrected chi connectivity index (χ1v) is 11.3. The summed E-state index contributed by atoms with van der Waals surface area (Å²) in [5.41, 5.74) is 1.77. The number of amides is 1. The van der Waals surface area contributed by atoms with Crippen LogP contribution in [-0.4, -0.2) is 55.0 Å². The summed E-state index contributed by atoms with van der Waals surface area (Å²) in [4.78, 5) is 25.5. The standard InChI is InChI=1S/C26H37NO7/c1-7-14-34-26(30)27(23(16-19(4)8-2)20(5)32-9-3)18-21-12-13-22(31-6)17-24(21)33-15-10-11-25(28)29/h7-8,12-13,17,23H,1,5,9-11,14-16,18H2,2-4,6H3,(H,28,29)/b19-8+. The van der Waals surface area contributed by atoms with E-state index in [-0.39, 0.29) is 26.2 Å². The molecule has 0 radical (unpaired) electrons. The molecule has 0 saturated carbocycles. The molecule has 1 amide bonds. The predicted octanol–water partition coefficient (Wildman–Crippen LogP) is 5.34. The number of carbonyl (C=O) groups is 2. The molecule has 0 bridgehead atoms. The second kappa shape index (κ2) is 15.4. The van der Waals surface area contributed by atoms with Gasteiger partial charge in [-0.05, 0) is 45.7 Å². The number of ether oxygens (including phenoxy) is 4. The zero-order valence-corrected chi connectivity index (χ0v) is 20.7. The lowest BCUT2D eigenvalue weighted by atomic mass is 10.0. The van der Waals surface area contributed by atoms with Crippen molar-refractivity contribution in [2.45, 2.75) is 52.6 Å². The van der Waals surface area contributed by atoms with Crippen molar-refractivity contribution >= 4 is 12.1 Å². The predicted molar refractivity (Wildman–Crippen MR) is 131 cm³/mol. The van der Waals surface area contributed by atoms with E-state index in [9.17, 15) is 9.59 Å². The van der Waals surface area contributed by atoms with Crippen LogP contribution in [-0.2, 0) is 20.8 Å². The summed E-state index contributed by atoms with van der Waals surface area (Å²) in [7, 11) is 1.55. The van der Waals surface area contributed by atoms with E-state index in [1.165, 1.54) is 6.08 Å². The first-order valence-electron chi connectivity index (χ1n) is 11.3. The molecule has 8 heteroatoms. The van der Waals surface area contributed by atoms with E-state index in [1.807, 2.05) is 32.9 Å². The smallest absolute Gasteiger partial charge is 0.411 e. The van der Waals surface area contributed by atoms with Gasteiger partial charge >= 0.3 is 12.1 Å². The minimum atomic E-state index is -0.887. The molecule has 0 aliphatic carbocycles. The number of nitrogens with zero attached hydrogens (tertiary/aromatic N) is 1. The van der Waals surface area contributed by atoms with E-state index >= 15 is 0 Å². The van der Waals surface area contributed by atoms with Crippen LogP contribution < -0.4 is 9.47 Å². The summed E-state index contributed by atoms with van der Waals surface area (Å²) in [6.07, 6.45) is 3.80. The van der Waals surface area contributed by atoms with Crippen LogP contribution in [0.15, 0.2) is 54.8 Å². The Morgan fingerprint density at radius 1 is 1.26 bits per heavy atom. The molecular formula is C26H37NO7. The summed E-state index contributed by atoms with van der Waals surface area (Å²) in [5.74, 6) is 0.645. The summed E-state index contributed by atoms with van der Waals surface area (Å²) in [6.45, 7) is 14.3. The number of hydrogen-bond donors (Lipinski definition) is 1. The lowest BCUT2D eigenvalue weighted by Gasteiger charge is -2.33. The molecule has 1 aromatic carbocycles. The first kappa shape index (κ1) is 28.6. The minimum absolute atomic E-state index is 0.00180. The molecule has 1 rings (SSSR count). The fraction of sp³-hybridized carbons (Fsp3) is 0.462. The molecule has 1 N–H and O–H groups in total. The molecule has 0 heterocycles. The first-order chi connectivity index (χ1) is 16.3. The lowest BCUT2D eigenvalue weighted by Crippen LogP contribution is -2.42. The van der Waals surface area contributed by atoms with Crippen LogP contribution in [0.25, 0.3) is 0 Å². The van der Waals surface area contributed by atoms with Crippen molar-refractivity contribution in [3.8, 4) is 11.5 Å². The van der Waals surface area contributed by atoms with Gasteiger partial charge in [0.1, 0.15) is 23.9 Å². The normalized spacial score (nSPS) is 11.8. The molecule has 0 saturated heterocycles. The Hall–Kier alpha value is -3.42. The third kappa shape index (κ3) is 9.60. The molecule has 188 valence electrons. The molecule has 0 aliphatic heterocycles. The van der Waals surface area contributed by atoms with E-state index in [0.717, 1.165) is 5.57 Å². The highest BCUT2D eigenvalue weighted by atomic mass is 16.6. The highest BCUT2D eigenvalue weighted by Crippen LogP contribution is 2.29. The zero-order valence-electron chi connectivity index (χ0n) is 20.7. The van der Waals surface area contributed by atoms with E-state index in [2.05, 4.69) is 13.2 Å². The monoisotopic (exact) mass is 475 g/mol. The Balaban J connectivity index is 3.33. The van der Waals surface area contributed by atoms with Crippen molar-refractivity contribution in [1.82, 2.24) is 4.90 Å². The van der Waals surface area contributed by atoms with Crippen molar-refractivity contribution in [3.05, 3.63) is 60.4 Å². The van der Waals surface area contributed by atoms with Crippen LogP contribution in [0.4, 0.5) is 4.79 Å². The van der Waals surface area contributed by atoms with Crippen LogP contribution in [0.2, 0.25) is 0 Å². The number of methoxy groups -OCH3 is 1. The molecule has 1 unspecified atom stereocenters. The van der Waals surface area contributed by atoms with Crippen LogP contribution >= 0.6 is 0 Å². The molecule has 0 spiro atoms. The Morgan fingerprint density at radius 3 is 2.59 bits per heavy atom. The fourth-order valence-electron chi connectivity index (χ4n) is 3.13. The van der Waals surface area contributed by atoms with Crippen molar-refractivity contribution in [2.24, 2.45) is 0 Å². The molecular weight excluding hydrogens is 438 g/mol. The maximum absolute atomic E-state index is 13.1. The number of carboxylic acid groups (broad SMARTS) is 1. The van der Waals surface area contributed by atoms with Gasteiger partial charge in [-0.1, -0.05) is 30.9 Å². The third-order valence-electron chi connectivity index (χ3n) is 5.05. The van der Waals surface area contributed by atoms with E-state index < -0.39 is 18.1 Å². The Morgan fingerprint density at radius 2 is 2.00 bits per heavy atom. The number of benzene rings is 1. The molecule has 1 aromatic rings. The maximum atomic E-state index is 13.1. The summed E-state index contributed by atoms with van der Waals surface area (Å²) < 4.78 is 22.3. The molecule has 8 nitrogen and oxygen atoms in total. The van der Waals surface area contributed by atoms with Crippen molar-refractivity contribution in [3.63, 3.8) is 0 Å². The minimum Gasteiger partial charge on any atom is -0.497 e. The number of carbonyl (C=O) groups excluding carboxylic acids is 1. The number of rotatable bonds is 16. The van der Waals surface area contributed by atoms with Crippen molar-refractivity contribution in [2.75, 3.05) is 26.9 Å². The number of carboxylic acids is 1. The second-order valence-electron chi connectivity index (χ2n) is 7.57. The van der Waals surface area contributed by atoms with Crippen molar-refractivity contribution in [1.29, 1.82) is 0 Å². The van der Waals surface area contributed by atoms with E-state index in [0.29, 0.717) is 42.3 Å². The number of aliphatic carboxylic acids is 1. The quantitative estimate of drug-likeness (QED) is 0.196. The van der Waals surface area contributed by atoms with Crippen molar-refractivity contribution < 1.29 is 33.6 Å². The Kier molecular flexibility index (Phi) is 13.0. The summed E-state index contributed by atoms with van der Waals surface area (Å²) in [5, 5.41) is 8.88. The molecule has 0 aromatic heterocycles. The molecule has 1 atom stereocenters. The summed E-state index contributed by atoms with van der Waals surface area (Å²) in [6, 6.07) is 4.82. The van der Waals surface area contributed by atoms with E-state index in [1.54, 1.807) is 24.1 Å². The van der Waals surface area contributed by atoms with Gasteiger partial charge in [-0.2, -0.15) is 0 Å². The van der Waals surface area contributed by atoms with Crippen LogP contribution in [0.5, 0.6) is 11.5 Å². The highest BCUT2D eigenvalue weighted by Gasteiger charge is 2.29. The Bertz CT molecular complexity index is 863. The summed E-state index contributed by atoms with van der Waals surface area (Å²) >= 11 is 0.